The molecule has 0 aliphatic carbocycles. The highest BCUT2D eigenvalue weighted by molar-refractivity contribution is 7.92. The van der Waals surface area contributed by atoms with Crippen LogP contribution in [0, 0.1) is 6.92 Å². The lowest BCUT2D eigenvalue weighted by Crippen LogP contribution is -2.53. The van der Waals surface area contributed by atoms with Crippen molar-refractivity contribution < 1.29 is 18.0 Å². The summed E-state index contributed by atoms with van der Waals surface area (Å²) >= 11 is 12.5. The molecule has 7 nitrogen and oxygen atoms in total. The van der Waals surface area contributed by atoms with E-state index in [1.807, 2.05) is 68.4 Å². The van der Waals surface area contributed by atoms with Gasteiger partial charge in [-0.15, -0.1) is 0 Å². The van der Waals surface area contributed by atoms with E-state index in [9.17, 15) is 18.0 Å². The van der Waals surface area contributed by atoms with Crippen LogP contribution in [0.1, 0.15) is 30.0 Å². The molecule has 0 heterocycles. The van der Waals surface area contributed by atoms with E-state index >= 15 is 0 Å². The zero-order valence-electron chi connectivity index (χ0n) is 22.2. The van der Waals surface area contributed by atoms with Crippen LogP contribution in [0.5, 0.6) is 0 Å². The van der Waals surface area contributed by atoms with Gasteiger partial charge in [0.15, 0.2) is 0 Å². The molecular formula is C29H33Cl2N3O4S. The fraction of sp³-hybridized carbons (Fsp3) is 0.310. The molecule has 0 aromatic heterocycles. The number of rotatable bonds is 12. The third kappa shape index (κ3) is 8.71. The summed E-state index contributed by atoms with van der Waals surface area (Å²) in [6.07, 6.45) is 1.98. The van der Waals surface area contributed by atoms with Gasteiger partial charge in [-0.1, -0.05) is 90.3 Å². The summed E-state index contributed by atoms with van der Waals surface area (Å²) in [5.74, 6) is -0.862. The molecule has 10 heteroatoms. The van der Waals surface area contributed by atoms with Crippen LogP contribution in [0.25, 0.3) is 0 Å². The zero-order valence-corrected chi connectivity index (χ0v) is 24.6. The third-order valence-electron chi connectivity index (χ3n) is 6.11. The van der Waals surface area contributed by atoms with Gasteiger partial charge >= 0.3 is 0 Å². The van der Waals surface area contributed by atoms with Gasteiger partial charge in [-0.3, -0.25) is 13.9 Å². The van der Waals surface area contributed by atoms with Crippen LogP contribution in [0.3, 0.4) is 0 Å². The van der Waals surface area contributed by atoms with Gasteiger partial charge in [0.2, 0.25) is 21.8 Å². The Morgan fingerprint density at radius 2 is 1.64 bits per heavy atom. The van der Waals surface area contributed by atoms with E-state index in [-0.39, 0.29) is 34.6 Å². The van der Waals surface area contributed by atoms with Crippen molar-refractivity contribution in [1.82, 2.24) is 10.2 Å². The summed E-state index contributed by atoms with van der Waals surface area (Å²) in [5, 5.41) is 3.31. The van der Waals surface area contributed by atoms with E-state index < -0.39 is 28.5 Å². The number of sulfonamides is 1. The van der Waals surface area contributed by atoms with E-state index in [1.165, 1.54) is 23.1 Å². The van der Waals surface area contributed by atoms with Gasteiger partial charge in [0.25, 0.3) is 0 Å². The van der Waals surface area contributed by atoms with E-state index in [4.69, 9.17) is 23.2 Å². The summed E-state index contributed by atoms with van der Waals surface area (Å²) in [4.78, 5) is 29.0. The Balaban J connectivity index is 2.07. The minimum absolute atomic E-state index is 0.0885. The van der Waals surface area contributed by atoms with Gasteiger partial charge in [0.1, 0.15) is 12.6 Å². The number of benzene rings is 3. The third-order valence-corrected chi connectivity index (χ3v) is 7.79. The quantitative estimate of drug-likeness (QED) is 0.313. The molecule has 208 valence electrons. The van der Waals surface area contributed by atoms with Gasteiger partial charge in [-0.2, -0.15) is 0 Å². The monoisotopic (exact) mass is 589 g/mol. The summed E-state index contributed by atoms with van der Waals surface area (Å²) in [7, 11) is -3.94. The first-order valence-corrected chi connectivity index (χ1v) is 15.2. The number of carbonyl (C=O) groups excluding carboxylic acids is 2. The summed E-state index contributed by atoms with van der Waals surface area (Å²) in [5.41, 5.74) is 2.77. The van der Waals surface area contributed by atoms with Gasteiger partial charge in [-0.25, -0.2) is 8.42 Å². The standard InChI is InChI=1S/C29H33Cl2N3O4S/c1-4-15-32-29(36)27(17-22-10-6-5-7-11-22)33(19-23-12-8-9-21(2)16-23)28(35)20-34(39(3,37)38)26-18-24(30)13-14-25(26)31/h5-14,16,18,27H,4,15,17,19-20H2,1-3H3,(H,32,36)/t27-/m1/s1. The van der Waals surface area contributed by atoms with Crippen molar-refractivity contribution in [1.29, 1.82) is 0 Å². The molecular weight excluding hydrogens is 557 g/mol. The fourth-order valence-corrected chi connectivity index (χ4v) is 5.49. The summed E-state index contributed by atoms with van der Waals surface area (Å²) in [6.45, 7) is 3.89. The molecule has 3 aromatic carbocycles. The van der Waals surface area contributed by atoms with Crippen LogP contribution in [0.15, 0.2) is 72.8 Å². The van der Waals surface area contributed by atoms with Crippen molar-refractivity contribution >= 4 is 50.7 Å². The van der Waals surface area contributed by atoms with Crippen molar-refractivity contribution in [3.05, 3.63) is 99.5 Å². The Morgan fingerprint density at radius 3 is 2.28 bits per heavy atom. The highest BCUT2D eigenvalue weighted by Gasteiger charge is 2.33. The average molecular weight is 591 g/mol. The van der Waals surface area contributed by atoms with Gasteiger partial charge in [-0.05, 0) is 42.7 Å². The van der Waals surface area contributed by atoms with Crippen LogP contribution >= 0.6 is 23.2 Å². The number of amides is 2. The number of nitrogens with one attached hydrogen (secondary N) is 1. The minimum atomic E-state index is -3.94. The Kier molecular flexibility index (Phi) is 10.8. The van der Waals surface area contributed by atoms with Crippen LogP contribution in [0.4, 0.5) is 5.69 Å². The molecule has 39 heavy (non-hydrogen) atoms. The van der Waals surface area contributed by atoms with Gasteiger partial charge < -0.3 is 10.2 Å². The maximum Gasteiger partial charge on any atom is 0.244 e. The molecule has 0 saturated carbocycles. The molecule has 0 fully saturated rings. The Bertz CT molecular complexity index is 1400. The second-order valence-corrected chi connectivity index (χ2v) is 12.1. The van der Waals surface area contributed by atoms with Crippen molar-refractivity contribution in [2.24, 2.45) is 0 Å². The molecule has 1 N–H and O–H groups in total. The number of anilines is 1. The number of aryl methyl sites for hydroxylation is 1. The van der Waals surface area contributed by atoms with Crippen LogP contribution in [0.2, 0.25) is 10.0 Å². The lowest BCUT2D eigenvalue weighted by atomic mass is 10.0. The number of halogens is 2. The first kappa shape index (κ1) is 30.5. The fourth-order valence-electron chi connectivity index (χ4n) is 4.20. The second kappa shape index (κ2) is 13.8. The molecule has 0 radical (unpaired) electrons. The summed E-state index contributed by atoms with van der Waals surface area (Å²) in [6, 6.07) is 20.6. The van der Waals surface area contributed by atoms with Gasteiger partial charge in [0, 0.05) is 24.5 Å². The predicted octanol–water partition coefficient (Wildman–Crippen LogP) is 5.23. The van der Waals surface area contributed by atoms with E-state index in [0.29, 0.717) is 6.54 Å². The lowest BCUT2D eigenvalue weighted by molar-refractivity contribution is -0.140. The number of hydrogen-bond acceptors (Lipinski definition) is 4. The Hall–Kier alpha value is -3.07. The van der Waals surface area contributed by atoms with Crippen molar-refractivity contribution in [2.75, 3.05) is 23.7 Å². The number of nitrogens with zero attached hydrogens (tertiary/aromatic N) is 2. The summed E-state index contributed by atoms with van der Waals surface area (Å²) < 4.78 is 26.7. The van der Waals surface area contributed by atoms with E-state index in [0.717, 1.165) is 33.7 Å². The first-order chi connectivity index (χ1) is 18.5. The molecule has 1 atom stereocenters. The van der Waals surface area contributed by atoms with E-state index in [1.54, 1.807) is 0 Å². The number of hydrogen-bond donors (Lipinski definition) is 1. The van der Waals surface area contributed by atoms with Crippen LogP contribution in [-0.4, -0.2) is 50.5 Å². The smallest absolute Gasteiger partial charge is 0.244 e. The Morgan fingerprint density at radius 1 is 0.949 bits per heavy atom. The zero-order chi connectivity index (χ0) is 28.6. The molecule has 0 bridgehead atoms. The maximum atomic E-state index is 14.0. The Labute approximate surface area is 240 Å². The molecule has 0 aliphatic heterocycles. The lowest BCUT2D eigenvalue weighted by Gasteiger charge is -2.33. The minimum Gasteiger partial charge on any atom is -0.354 e. The second-order valence-electron chi connectivity index (χ2n) is 9.37. The predicted molar refractivity (Wildman–Crippen MR) is 158 cm³/mol. The highest BCUT2D eigenvalue weighted by atomic mass is 35.5. The molecule has 0 aliphatic rings. The SMILES string of the molecule is CCCNC(=O)[C@@H](Cc1ccccc1)N(Cc1cccc(C)c1)C(=O)CN(c1cc(Cl)ccc1Cl)S(C)(=O)=O. The van der Waals surface area contributed by atoms with Crippen molar-refractivity contribution in [2.45, 2.75) is 39.3 Å². The maximum absolute atomic E-state index is 14.0. The largest absolute Gasteiger partial charge is 0.354 e. The highest BCUT2D eigenvalue weighted by Crippen LogP contribution is 2.31. The van der Waals surface area contributed by atoms with Crippen molar-refractivity contribution in [3.8, 4) is 0 Å². The van der Waals surface area contributed by atoms with Crippen LogP contribution in [-0.2, 0) is 32.6 Å². The normalized spacial score (nSPS) is 12.0. The van der Waals surface area contributed by atoms with Crippen LogP contribution < -0.4 is 9.62 Å². The molecule has 0 saturated heterocycles. The topological polar surface area (TPSA) is 86.8 Å². The molecule has 2 amide bonds. The van der Waals surface area contributed by atoms with E-state index in [2.05, 4.69) is 5.32 Å². The number of carbonyl (C=O) groups is 2. The molecule has 0 unspecified atom stereocenters. The van der Waals surface area contributed by atoms with Crippen molar-refractivity contribution in [3.63, 3.8) is 0 Å². The van der Waals surface area contributed by atoms with Gasteiger partial charge in [0.05, 0.1) is 17.0 Å². The molecule has 3 aromatic rings. The molecule has 3 rings (SSSR count). The average Bonchev–Trinajstić information content (AvgIpc) is 2.89. The first-order valence-electron chi connectivity index (χ1n) is 12.6. The molecule has 0 spiro atoms.